The summed E-state index contributed by atoms with van der Waals surface area (Å²) in [5.41, 5.74) is 3.86. The quantitative estimate of drug-likeness (QED) is 0.212. The highest BCUT2D eigenvalue weighted by Gasteiger charge is 2.14. The number of nitrogens with zero attached hydrogens (tertiary/aromatic N) is 3. The summed E-state index contributed by atoms with van der Waals surface area (Å²) in [6.45, 7) is 1.66. The number of aryl methyl sites for hydroxylation is 2. The van der Waals surface area contributed by atoms with E-state index in [1.807, 2.05) is 25.0 Å². The highest BCUT2D eigenvalue weighted by atomic mass is 127. The van der Waals surface area contributed by atoms with Gasteiger partial charge in [-0.2, -0.15) is 5.10 Å². The molecule has 1 aromatic heterocycles. The fraction of sp³-hybridized carbons (Fsp3) is 0.304. The van der Waals surface area contributed by atoms with Gasteiger partial charge >= 0.3 is 0 Å². The molecule has 0 atom stereocenters. The van der Waals surface area contributed by atoms with Crippen molar-refractivity contribution in [2.45, 2.75) is 18.8 Å². The average Bonchev–Trinajstić information content (AvgIpc) is 3.16. The Morgan fingerprint density at radius 3 is 2.14 bits per heavy atom. The molecule has 0 saturated heterocycles. The second-order valence-electron chi connectivity index (χ2n) is 6.88. The van der Waals surface area contributed by atoms with Gasteiger partial charge in [0.2, 0.25) is 0 Å². The molecule has 154 valence electrons. The summed E-state index contributed by atoms with van der Waals surface area (Å²) in [6, 6.07) is 21.2. The Kier molecular flexibility index (Phi) is 9.70. The van der Waals surface area contributed by atoms with Crippen molar-refractivity contribution in [1.29, 1.82) is 0 Å². The van der Waals surface area contributed by atoms with Crippen LogP contribution in [0.15, 0.2) is 78.0 Å². The van der Waals surface area contributed by atoms with Crippen molar-refractivity contribution < 1.29 is 0 Å². The first-order valence-electron chi connectivity index (χ1n) is 9.78. The lowest BCUT2D eigenvalue weighted by Gasteiger charge is -2.20. The highest BCUT2D eigenvalue weighted by Crippen LogP contribution is 2.23. The maximum absolute atomic E-state index is 4.37. The summed E-state index contributed by atoms with van der Waals surface area (Å²) in [7, 11) is 3.76. The van der Waals surface area contributed by atoms with Crippen LogP contribution in [0, 0.1) is 0 Å². The first kappa shape index (κ1) is 22.9. The molecule has 0 bridgehead atoms. The Labute approximate surface area is 190 Å². The molecule has 5 nitrogen and oxygen atoms in total. The molecule has 0 spiro atoms. The Balaban J connectivity index is 0.00000300. The number of benzene rings is 2. The van der Waals surface area contributed by atoms with Crippen LogP contribution in [0.5, 0.6) is 0 Å². The molecule has 1 heterocycles. The fourth-order valence-electron chi connectivity index (χ4n) is 3.32. The van der Waals surface area contributed by atoms with Gasteiger partial charge in [-0.15, -0.1) is 24.0 Å². The Hall–Kier alpha value is -2.35. The van der Waals surface area contributed by atoms with E-state index >= 15 is 0 Å². The van der Waals surface area contributed by atoms with Crippen molar-refractivity contribution in [3.8, 4) is 0 Å². The van der Waals surface area contributed by atoms with Crippen molar-refractivity contribution in [3.63, 3.8) is 0 Å². The van der Waals surface area contributed by atoms with Gasteiger partial charge in [0.15, 0.2) is 5.96 Å². The average molecular weight is 503 g/mol. The maximum atomic E-state index is 4.37. The summed E-state index contributed by atoms with van der Waals surface area (Å²) in [4.78, 5) is 4.37. The van der Waals surface area contributed by atoms with Gasteiger partial charge in [-0.25, -0.2) is 0 Å². The molecule has 0 saturated carbocycles. The number of hydrogen-bond acceptors (Lipinski definition) is 2. The van der Waals surface area contributed by atoms with E-state index in [4.69, 9.17) is 0 Å². The van der Waals surface area contributed by atoms with Crippen molar-refractivity contribution in [2.75, 3.05) is 20.1 Å². The van der Waals surface area contributed by atoms with Gasteiger partial charge < -0.3 is 10.6 Å². The number of hydrogen-bond donors (Lipinski definition) is 2. The Bertz CT molecular complexity index is 822. The van der Waals surface area contributed by atoms with Crippen molar-refractivity contribution in [3.05, 3.63) is 89.7 Å². The van der Waals surface area contributed by atoms with E-state index in [-0.39, 0.29) is 29.9 Å². The third kappa shape index (κ3) is 7.20. The van der Waals surface area contributed by atoms with E-state index in [1.54, 1.807) is 0 Å². The molecule has 0 amide bonds. The van der Waals surface area contributed by atoms with E-state index < -0.39 is 0 Å². The molecule has 2 aromatic carbocycles. The van der Waals surface area contributed by atoms with Gasteiger partial charge in [-0.1, -0.05) is 60.7 Å². The lowest BCUT2D eigenvalue weighted by Crippen LogP contribution is -2.40. The lowest BCUT2D eigenvalue weighted by molar-refractivity contribution is 0.708. The van der Waals surface area contributed by atoms with Crippen LogP contribution >= 0.6 is 24.0 Å². The molecule has 0 aliphatic carbocycles. The molecule has 0 aliphatic heterocycles. The summed E-state index contributed by atoms with van der Waals surface area (Å²) in [6.07, 6.45) is 6.04. The van der Waals surface area contributed by atoms with E-state index in [1.165, 1.54) is 16.7 Å². The summed E-state index contributed by atoms with van der Waals surface area (Å²) < 4.78 is 1.84. The highest BCUT2D eigenvalue weighted by molar-refractivity contribution is 14.0. The monoisotopic (exact) mass is 503 g/mol. The summed E-state index contributed by atoms with van der Waals surface area (Å²) in [5.74, 6) is 1.11. The topological polar surface area (TPSA) is 54.2 Å². The van der Waals surface area contributed by atoms with Gasteiger partial charge in [0.05, 0.1) is 6.20 Å². The maximum Gasteiger partial charge on any atom is 0.191 e. The molecular weight excluding hydrogens is 473 g/mol. The van der Waals surface area contributed by atoms with Crippen molar-refractivity contribution in [2.24, 2.45) is 12.0 Å². The standard InChI is InChI=1S/C23H29N5.HI/c1-24-23(25-15-9-10-19-16-27-28(2)18-19)26-17-22(20-11-5-3-6-12-20)21-13-7-4-8-14-21;/h3-8,11-14,16,18,22H,9-10,15,17H2,1-2H3,(H2,24,25,26);1H. The van der Waals surface area contributed by atoms with Crippen LogP contribution in [0.4, 0.5) is 0 Å². The Morgan fingerprint density at radius 1 is 1.00 bits per heavy atom. The fourth-order valence-corrected chi connectivity index (χ4v) is 3.32. The summed E-state index contributed by atoms with van der Waals surface area (Å²) in [5, 5.41) is 11.1. The van der Waals surface area contributed by atoms with Crippen molar-refractivity contribution in [1.82, 2.24) is 20.4 Å². The van der Waals surface area contributed by atoms with Gasteiger partial charge in [0, 0.05) is 39.3 Å². The SMILES string of the molecule is CN=C(NCCCc1cnn(C)c1)NCC(c1ccccc1)c1ccccc1.I. The molecule has 0 aliphatic rings. The molecule has 6 heteroatoms. The predicted octanol–water partition coefficient (Wildman–Crippen LogP) is 3.97. The number of aliphatic imine (C=N–C) groups is 1. The predicted molar refractivity (Wildman–Crippen MR) is 131 cm³/mol. The van der Waals surface area contributed by atoms with Crippen LogP contribution < -0.4 is 10.6 Å². The van der Waals surface area contributed by atoms with Gasteiger partial charge in [-0.3, -0.25) is 9.67 Å². The zero-order valence-electron chi connectivity index (χ0n) is 17.1. The number of guanidine groups is 1. The first-order valence-corrected chi connectivity index (χ1v) is 9.78. The van der Waals surface area contributed by atoms with E-state index in [0.29, 0.717) is 0 Å². The number of nitrogens with one attached hydrogen (secondary N) is 2. The van der Waals surface area contributed by atoms with Crippen LogP contribution in [0.1, 0.15) is 29.0 Å². The molecular formula is C23H30IN5. The van der Waals surface area contributed by atoms with E-state index in [0.717, 1.165) is 31.9 Å². The zero-order chi connectivity index (χ0) is 19.6. The van der Waals surface area contributed by atoms with Gasteiger partial charge in [-0.05, 0) is 29.5 Å². The lowest BCUT2D eigenvalue weighted by atomic mass is 9.91. The van der Waals surface area contributed by atoms with E-state index in [2.05, 4.69) is 87.6 Å². The minimum atomic E-state index is 0. The van der Waals surface area contributed by atoms with Crippen LogP contribution in [0.2, 0.25) is 0 Å². The van der Waals surface area contributed by atoms with E-state index in [9.17, 15) is 0 Å². The molecule has 0 unspecified atom stereocenters. The largest absolute Gasteiger partial charge is 0.356 e. The molecule has 3 rings (SSSR count). The smallest absolute Gasteiger partial charge is 0.191 e. The van der Waals surface area contributed by atoms with Crippen LogP contribution in [0.3, 0.4) is 0 Å². The third-order valence-corrected chi connectivity index (χ3v) is 4.79. The minimum absolute atomic E-state index is 0. The molecule has 0 fully saturated rings. The van der Waals surface area contributed by atoms with Crippen LogP contribution in [-0.4, -0.2) is 35.9 Å². The molecule has 2 N–H and O–H groups in total. The van der Waals surface area contributed by atoms with Gasteiger partial charge in [0.25, 0.3) is 0 Å². The molecule has 0 radical (unpaired) electrons. The minimum Gasteiger partial charge on any atom is -0.356 e. The number of halogens is 1. The molecule has 3 aromatic rings. The van der Waals surface area contributed by atoms with Crippen LogP contribution in [0.25, 0.3) is 0 Å². The Morgan fingerprint density at radius 2 is 1.62 bits per heavy atom. The number of aromatic nitrogens is 2. The second-order valence-corrected chi connectivity index (χ2v) is 6.88. The number of rotatable bonds is 8. The zero-order valence-corrected chi connectivity index (χ0v) is 19.4. The molecule has 29 heavy (non-hydrogen) atoms. The normalized spacial score (nSPS) is 11.2. The van der Waals surface area contributed by atoms with Gasteiger partial charge in [0.1, 0.15) is 0 Å². The first-order chi connectivity index (χ1) is 13.8. The third-order valence-electron chi connectivity index (χ3n) is 4.79. The van der Waals surface area contributed by atoms with Crippen molar-refractivity contribution >= 4 is 29.9 Å². The second kappa shape index (κ2) is 12.3. The van der Waals surface area contributed by atoms with Crippen LogP contribution in [-0.2, 0) is 13.5 Å². The summed E-state index contributed by atoms with van der Waals surface area (Å²) >= 11 is 0.